The van der Waals surface area contributed by atoms with Crippen LogP contribution in [0.2, 0.25) is 5.02 Å². The third-order valence-electron chi connectivity index (χ3n) is 2.98. The molecule has 1 N–H and O–H groups in total. The van der Waals surface area contributed by atoms with Gasteiger partial charge in [-0.3, -0.25) is 10.1 Å². The van der Waals surface area contributed by atoms with Gasteiger partial charge in [-0.1, -0.05) is 11.6 Å². The summed E-state index contributed by atoms with van der Waals surface area (Å²) in [7, 11) is -3.05. The lowest BCUT2D eigenvalue weighted by Crippen LogP contribution is -2.34. The van der Waals surface area contributed by atoms with Gasteiger partial charge in [0.2, 0.25) is 0 Å². The highest BCUT2D eigenvalue weighted by Crippen LogP contribution is 2.29. The van der Waals surface area contributed by atoms with Gasteiger partial charge in [-0.15, -0.1) is 0 Å². The molecule has 0 saturated carbocycles. The summed E-state index contributed by atoms with van der Waals surface area (Å²) in [4.78, 5) is 10.4. The number of nitro benzene ring substituents is 1. The first-order chi connectivity index (χ1) is 8.87. The Morgan fingerprint density at radius 3 is 2.79 bits per heavy atom. The minimum atomic E-state index is -3.05. The molecule has 1 aliphatic heterocycles. The number of hydrogen-bond donors (Lipinski definition) is 1. The molecule has 1 saturated heterocycles. The zero-order valence-corrected chi connectivity index (χ0v) is 11.6. The highest BCUT2D eigenvalue weighted by atomic mass is 35.5. The third-order valence-corrected chi connectivity index (χ3v) is 5.04. The highest BCUT2D eigenvalue weighted by Gasteiger charge is 2.26. The molecule has 1 unspecified atom stereocenters. The summed E-state index contributed by atoms with van der Waals surface area (Å²) in [5.41, 5.74) is 0.159. The number of anilines is 1. The molecule has 0 aliphatic carbocycles. The second kappa shape index (κ2) is 5.34. The second-order valence-corrected chi connectivity index (χ2v) is 7.18. The molecule has 1 aromatic rings. The maximum atomic E-state index is 11.5. The van der Waals surface area contributed by atoms with E-state index in [1.807, 2.05) is 0 Å². The molecule has 2 rings (SSSR count). The van der Waals surface area contributed by atoms with E-state index in [4.69, 9.17) is 11.6 Å². The first kappa shape index (κ1) is 14.1. The summed E-state index contributed by atoms with van der Waals surface area (Å²) < 4.78 is 23.1. The van der Waals surface area contributed by atoms with Crippen LogP contribution in [0.4, 0.5) is 11.4 Å². The number of sulfone groups is 1. The van der Waals surface area contributed by atoms with E-state index in [9.17, 15) is 18.5 Å². The predicted octanol–water partition coefficient (Wildman–Crippen LogP) is 2.24. The van der Waals surface area contributed by atoms with Crippen molar-refractivity contribution in [2.75, 3.05) is 16.8 Å². The van der Waals surface area contributed by atoms with E-state index < -0.39 is 14.8 Å². The van der Waals surface area contributed by atoms with Crippen LogP contribution in [0.25, 0.3) is 0 Å². The number of rotatable bonds is 3. The maximum absolute atomic E-state index is 11.5. The van der Waals surface area contributed by atoms with Gasteiger partial charge in [-0.05, 0) is 25.0 Å². The van der Waals surface area contributed by atoms with Crippen molar-refractivity contribution >= 4 is 32.8 Å². The Balaban J connectivity index is 2.21. The number of benzene rings is 1. The van der Waals surface area contributed by atoms with Gasteiger partial charge in [0, 0.05) is 17.1 Å². The second-order valence-electron chi connectivity index (χ2n) is 4.52. The molecule has 6 nitrogen and oxygen atoms in total. The van der Waals surface area contributed by atoms with Gasteiger partial charge in [0.1, 0.15) is 5.69 Å². The van der Waals surface area contributed by atoms with Crippen molar-refractivity contribution in [2.45, 2.75) is 18.9 Å². The molecular formula is C11H13ClN2O4S. The summed E-state index contributed by atoms with van der Waals surface area (Å²) in [5, 5.41) is 14.1. The van der Waals surface area contributed by atoms with E-state index in [1.54, 1.807) is 0 Å². The van der Waals surface area contributed by atoms with Crippen LogP contribution >= 0.6 is 11.6 Å². The molecule has 1 aliphatic rings. The fourth-order valence-corrected chi connectivity index (χ4v) is 3.94. The van der Waals surface area contributed by atoms with E-state index >= 15 is 0 Å². The summed E-state index contributed by atoms with van der Waals surface area (Å²) >= 11 is 5.72. The Hall–Kier alpha value is -1.34. The molecule has 8 heteroatoms. The van der Waals surface area contributed by atoms with Gasteiger partial charge in [-0.25, -0.2) is 8.42 Å². The molecule has 0 radical (unpaired) electrons. The SMILES string of the molecule is O=[N+]([O-])c1cc(Cl)ccc1NC1CCCS(=O)(=O)C1. The third kappa shape index (κ3) is 3.57. The average molecular weight is 305 g/mol. The Bertz CT molecular complexity index is 603. The molecular weight excluding hydrogens is 292 g/mol. The van der Waals surface area contributed by atoms with Gasteiger partial charge < -0.3 is 5.32 Å². The molecule has 1 aromatic carbocycles. The first-order valence-electron chi connectivity index (χ1n) is 5.78. The van der Waals surface area contributed by atoms with Crippen molar-refractivity contribution in [3.8, 4) is 0 Å². The van der Waals surface area contributed by atoms with Gasteiger partial charge in [0.25, 0.3) is 5.69 Å². The number of nitrogens with one attached hydrogen (secondary N) is 1. The quantitative estimate of drug-likeness (QED) is 0.683. The lowest BCUT2D eigenvalue weighted by molar-refractivity contribution is -0.384. The molecule has 0 amide bonds. The van der Waals surface area contributed by atoms with E-state index in [2.05, 4.69) is 5.32 Å². The van der Waals surface area contributed by atoms with Gasteiger partial charge in [0.05, 0.1) is 16.4 Å². The van der Waals surface area contributed by atoms with Crippen LogP contribution in [0, 0.1) is 10.1 Å². The van der Waals surface area contributed by atoms with Crippen molar-refractivity contribution in [3.05, 3.63) is 33.3 Å². The monoisotopic (exact) mass is 304 g/mol. The number of halogens is 1. The zero-order chi connectivity index (χ0) is 14.0. The minimum Gasteiger partial charge on any atom is -0.376 e. The number of nitro groups is 1. The summed E-state index contributed by atoms with van der Waals surface area (Å²) in [6.07, 6.45) is 1.25. The molecule has 1 fully saturated rings. The summed E-state index contributed by atoms with van der Waals surface area (Å²) in [5.74, 6) is 0.195. The fraction of sp³-hybridized carbons (Fsp3) is 0.455. The van der Waals surface area contributed by atoms with Gasteiger partial charge >= 0.3 is 0 Å². The summed E-state index contributed by atoms with van der Waals surface area (Å²) in [6, 6.07) is 4.00. The lowest BCUT2D eigenvalue weighted by Gasteiger charge is -2.23. The smallest absolute Gasteiger partial charge is 0.293 e. The van der Waals surface area contributed by atoms with E-state index in [1.165, 1.54) is 18.2 Å². The van der Waals surface area contributed by atoms with Crippen molar-refractivity contribution in [1.29, 1.82) is 0 Å². The maximum Gasteiger partial charge on any atom is 0.293 e. The van der Waals surface area contributed by atoms with Crippen LogP contribution in [-0.4, -0.2) is 30.9 Å². The van der Waals surface area contributed by atoms with Crippen LogP contribution < -0.4 is 5.32 Å². The van der Waals surface area contributed by atoms with Crippen molar-refractivity contribution in [2.24, 2.45) is 0 Å². The van der Waals surface area contributed by atoms with Crippen LogP contribution in [0.5, 0.6) is 0 Å². The highest BCUT2D eigenvalue weighted by molar-refractivity contribution is 7.91. The van der Waals surface area contributed by atoms with Crippen LogP contribution in [0.15, 0.2) is 18.2 Å². The molecule has 19 heavy (non-hydrogen) atoms. The summed E-state index contributed by atoms with van der Waals surface area (Å²) in [6.45, 7) is 0. The van der Waals surface area contributed by atoms with Gasteiger partial charge in [0.15, 0.2) is 9.84 Å². The molecule has 1 heterocycles. The lowest BCUT2D eigenvalue weighted by atomic mass is 10.1. The molecule has 104 valence electrons. The van der Waals surface area contributed by atoms with Crippen molar-refractivity contribution < 1.29 is 13.3 Å². The molecule has 1 atom stereocenters. The predicted molar refractivity (Wildman–Crippen MR) is 73.4 cm³/mol. The number of hydrogen-bond acceptors (Lipinski definition) is 5. The van der Waals surface area contributed by atoms with E-state index in [-0.39, 0.29) is 28.3 Å². The molecule has 0 bridgehead atoms. The van der Waals surface area contributed by atoms with E-state index in [0.717, 1.165) is 0 Å². The Morgan fingerprint density at radius 2 is 2.16 bits per heavy atom. The van der Waals surface area contributed by atoms with Crippen molar-refractivity contribution in [3.63, 3.8) is 0 Å². The van der Waals surface area contributed by atoms with Crippen molar-refractivity contribution in [1.82, 2.24) is 0 Å². The van der Waals surface area contributed by atoms with Gasteiger partial charge in [-0.2, -0.15) is 0 Å². The minimum absolute atomic E-state index is 0.00673. The standard InChI is InChI=1S/C11H13ClN2O4S/c12-8-3-4-10(11(6-8)14(15)16)13-9-2-1-5-19(17,18)7-9/h3-4,6,9,13H,1-2,5,7H2. The zero-order valence-electron chi connectivity index (χ0n) is 10.0. The first-order valence-corrected chi connectivity index (χ1v) is 7.98. The van der Waals surface area contributed by atoms with E-state index in [0.29, 0.717) is 18.5 Å². The van der Waals surface area contributed by atoms with Crippen LogP contribution in [0.3, 0.4) is 0 Å². The largest absolute Gasteiger partial charge is 0.376 e. The Morgan fingerprint density at radius 1 is 1.42 bits per heavy atom. The fourth-order valence-electron chi connectivity index (χ4n) is 2.13. The number of nitrogens with zero attached hydrogens (tertiary/aromatic N) is 1. The average Bonchev–Trinajstić information content (AvgIpc) is 2.30. The molecule has 0 aromatic heterocycles. The van der Waals surface area contributed by atoms with Crippen LogP contribution in [-0.2, 0) is 9.84 Å². The Kier molecular flexibility index (Phi) is 3.96. The topological polar surface area (TPSA) is 89.3 Å². The molecule has 0 spiro atoms. The normalized spacial score (nSPS) is 21.8. The Labute approximate surface area is 115 Å². The van der Waals surface area contributed by atoms with Crippen LogP contribution in [0.1, 0.15) is 12.8 Å².